The van der Waals surface area contributed by atoms with Crippen molar-refractivity contribution in [2.24, 2.45) is 0 Å². The fourth-order valence-corrected chi connectivity index (χ4v) is 2.33. The van der Waals surface area contributed by atoms with E-state index in [9.17, 15) is 0 Å². The van der Waals surface area contributed by atoms with E-state index in [0.29, 0.717) is 0 Å². The van der Waals surface area contributed by atoms with Crippen molar-refractivity contribution in [3.8, 4) is 0 Å². The predicted octanol–water partition coefficient (Wildman–Crippen LogP) is 2.64. The maximum Gasteiger partial charge on any atom is 0.0217 e. The lowest BCUT2D eigenvalue weighted by Crippen LogP contribution is -2.45. The molecule has 0 aromatic carbocycles. The molecular formula is C13H28N2. The molecule has 1 aliphatic rings. The Hall–Kier alpha value is -0.0800. The first-order chi connectivity index (χ1) is 7.22. The average Bonchev–Trinajstić information content (AvgIpc) is 3.04. The summed E-state index contributed by atoms with van der Waals surface area (Å²) in [7, 11) is 2.29. The summed E-state index contributed by atoms with van der Waals surface area (Å²) in [6.07, 6.45) is 6.59. The normalized spacial score (nSPS) is 18.8. The molecule has 0 radical (unpaired) electrons. The van der Waals surface area contributed by atoms with Crippen molar-refractivity contribution in [3.63, 3.8) is 0 Å². The second kappa shape index (κ2) is 6.49. The van der Waals surface area contributed by atoms with Gasteiger partial charge in [-0.15, -0.1) is 0 Å². The molecule has 1 rings (SSSR count). The molecule has 1 atom stereocenters. The minimum Gasteiger partial charge on any atom is -0.312 e. The Morgan fingerprint density at radius 3 is 2.00 bits per heavy atom. The van der Waals surface area contributed by atoms with Crippen LogP contribution in [0.5, 0.6) is 0 Å². The van der Waals surface area contributed by atoms with Crippen molar-refractivity contribution in [1.82, 2.24) is 10.2 Å². The summed E-state index contributed by atoms with van der Waals surface area (Å²) < 4.78 is 0. The number of hydrogen-bond donors (Lipinski definition) is 1. The SMILES string of the molecule is CCC(CC)N(C)C(CC)CNC1CC1. The van der Waals surface area contributed by atoms with Crippen molar-refractivity contribution in [2.75, 3.05) is 13.6 Å². The molecule has 1 fully saturated rings. The number of hydrogen-bond acceptors (Lipinski definition) is 2. The third kappa shape index (κ3) is 4.12. The Morgan fingerprint density at radius 1 is 1.07 bits per heavy atom. The minimum atomic E-state index is 0.718. The molecule has 15 heavy (non-hydrogen) atoms. The molecule has 1 aliphatic carbocycles. The van der Waals surface area contributed by atoms with Gasteiger partial charge in [0, 0.05) is 24.7 Å². The van der Waals surface area contributed by atoms with Gasteiger partial charge in [-0.1, -0.05) is 20.8 Å². The zero-order chi connectivity index (χ0) is 11.3. The van der Waals surface area contributed by atoms with Crippen LogP contribution in [0.3, 0.4) is 0 Å². The summed E-state index contributed by atoms with van der Waals surface area (Å²) in [5.41, 5.74) is 0. The lowest BCUT2D eigenvalue weighted by molar-refractivity contribution is 0.156. The van der Waals surface area contributed by atoms with Gasteiger partial charge in [0.25, 0.3) is 0 Å². The Kier molecular flexibility index (Phi) is 5.62. The molecule has 0 aromatic rings. The van der Waals surface area contributed by atoms with Gasteiger partial charge >= 0.3 is 0 Å². The second-order valence-corrected chi connectivity index (χ2v) is 4.88. The molecule has 1 N–H and O–H groups in total. The van der Waals surface area contributed by atoms with E-state index in [0.717, 1.165) is 18.1 Å². The highest BCUT2D eigenvalue weighted by molar-refractivity contribution is 4.84. The molecule has 0 saturated heterocycles. The van der Waals surface area contributed by atoms with Crippen LogP contribution in [0.15, 0.2) is 0 Å². The molecular weight excluding hydrogens is 184 g/mol. The fourth-order valence-electron chi connectivity index (χ4n) is 2.33. The number of nitrogens with zero attached hydrogens (tertiary/aromatic N) is 1. The molecule has 1 saturated carbocycles. The minimum absolute atomic E-state index is 0.718. The van der Waals surface area contributed by atoms with Crippen LogP contribution in [0, 0.1) is 0 Å². The van der Waals surface area contributed by atoms with Gasteiger partial charge in [-0.05, 0) is 39.2 Å². The van der Waals surface area contributed by atoms with Gasteiger partial charge in [0.2, 0.25) is 0 Å². The van der Waals surface area contributed by atoms with E-state index in [1.165, 1.54) is 38.6 Å². The predicted molar refractivity (Wildman–Crippen MR) is 67.2 cm³/mol. The summed E-state index contributed by atoms with van der Waals surface area (Å²) in [5.74, 6) is 0. The molecule has 1 unspecified atom stereocenters. The maximum absolute atomic E-state index is 3.65. The first-order valence-electron chi connectivity index (χ1n) is 6.68. The first-order valence-corrected chi connectivity index (χ1v) is 6.68. The van der Waals surface area contributed by atoms with Gasteiger partial charge in [-0.3, -0.25) is 4.90 Å². The maximum atomic E-state index is 3.65. The molecule has 0 aliphatic heterocycles. The lowest BCUT2D eigenvalue weighted by Gasteiger charge is -2.34. The third-order valence-electron chi connectivity index (χ3n) is 3.79. The van der Waals surface area contributed by atoms with Gasteiger partial charge in [-0.25, -0.2) is 0 Å². The number of likely N-dealkylation sites (N-methyl/N-ethyl adjacent to an activating group) is 1. The monoisotopic (exact) mass is 212 g/mol. The number of nitrogens with one attached hydrogen (secondary N) is 1. The third-order valence-corrected chi connectivity index (χ3v) is 3.79. The summed E-state index contributed by atoms with van der Waals surface area (Å²) in [6.45, 7) is 8.07. The Labute approximate surface area is 95.4 Å². The van der Waals surface area contributed by atoms with E-state index in [-0.39, 0.29) is 0 Å². The van der Waals surface area contributed by atoms with E-state index in [1.807, 2.05) is 0 Å². The average molecular weight is 212 g/mol. The molecule has 0 bridgehead atoms. The van der Waals surface area contributed by atoms with Crippen LogP contribution >= 0.6 is 0 Å². The Bertz CT molecular complexity index is 162. The molecule has 90 valence electrons. The van der Waals surface area contributed by atoms with Crippen LogP contribution in [0.1, 0.15) is 52.9 Å². The van der Waals surface area contributed by atoms with E-state index >= 15 is 0 Å². The highest BCUT2D eigenvalue weighted by Gasteiger charge is 2.24. The van der Waals surface area contributed by atoms with Crippen molar-refractivity contribution in [3.05, 3.63) is 0 Å². The first kappa shape index (κ1) is 13.0. The summed E-state index contributed by atoms with van der Waals surface area (Å²) in [4.78, 5) is 2.58. The smallest absolute Gasteiger partial charge is 0.0217 e. The highest BCUT2D eigenvalue weighted by Crippen LogP contribution is 2.19. The van der Waals surface area contributed by atoms with Crippen molar-refractivity contribution in [2.45, 2.75) is 71.0 Å². The van der Waals surface area contributed by atoms with Gasteiger partial charge in [0.05, 0.1) is 0 Å². The molecule has 0 amide bonds. The fraction of sp³-hybridized carbons (Fsp3) is 1.00. The second-order valence-electron chi connectivity index (χ2n) is 4.88. The van der Waals surface area contributed by atoms with Crippen LogP contribution in [-0.4, -0.2) is 36.6 Å². The quantitative estimate of drug-likeness (QED) is 0.665. The van der Waals surface area contributed by atoms with Crippen LogP contribution < -0.4 is 5.32 Å². The van der Waals surface area contributed by atoms with Crippen molar-refractivity contribution >= 4 is 0 Å². The topological polar surface area (TPSA) is 15.3 Å². The largest absolute Gasteiger partial charge is 0.312 e. The van der Waals surface area contributed by atoms with Gasteiger partial charge in [0.15, 0.2) is 0 Å². The van der Waals surface area contributed by atoms with Crippen LogP contribution in [-0.2, 0) is 0 Å². The van der Waals surface area contributed by atoms with Crippen LogP contribution in [0.4, 0.5) is 0 Å². The molecule has 0 aromatic heterocycles. The van der Waals surface area contributed by atoms with E-state index in [1.54, 1.807) is 0 Å². The Morgan fingerprint density at radius 2 is 1.60 bits per heavy atom. The zero-order valence-electron chi connectivity index (χ0n) is 10.9. The van der Waals surface area contributed by atoms with Crippen LogP contribution in [0.2, 0.25) is 0 Å². The van der Waals surface area contributed by atoms with Crippen LogP contribution in [0.25, 0.3) is 0 Å². The molecule has 2 nitrogen and oxygen atoms in total. The standard InChI is InChI=1S/C13H28N2/c1-5-12(6-2)15(4)13(7-3)10-14-11-8-9-11/h11-14H,5-10H2,1-4H3. The molecule has 2 heteroatoms. The zero-order valence-corrected chi connectivity index (χ0v) is 10.9. The number of rotatable bonds is 8. The van der Waals surface area contributed by atoms with Gasteiger partial charge < -0.3 is 5.32 Å². The van der Waals surface area contributed by atoms with Crippen molar-refractivity contribution < 1.29 is 0 Å². The Balaban J connectivity index is 2.32. The molecule has 0 spiro atoms. The highest BCUT2D eigenvalue weighted by atomic mass is 15.2. The molecule has 0 heterocycles. The lowest BCUT2D eigenvalue weighted by atomic mass is 10.1. The van der Waals surface area contributed by atoms with E-state index < -0.39 is 0 Å². The summed E-state index contributed by atoms with van der Waals surface area (Å²) >= 11 is 0. The summed E-state index contributed by atoms with van der Waals surface area (Å²) in [5, 5.41) is 3.65. The van der Waals surface area contributed by atoms with Gasteiger partial charge in [-0.2, -0.15) is 0 Å². The van der Waals surface area contributed by atoms with E-state index in [4.69, 9.17) is 0 Å². The van der Waals surface area contributed by atoms with Crippen molar-refractivity contribution in [1.29, 1.82) is 0 Å². The van der Waals surface area contributed by atoms with E-state index in [2.05, 4.69) is 38.0 Å². The summed E-state index contributed by atoms with van der Waals surface area (Å²) in [6, 6.07) is 2.32. The van der Waals surface area contributed by atoms with Gasteiger partial charge in [0.1, 0.15) is 0 Å².